The lowest BCUT2D eigenvalue weighted by atomic mass is 9.89. The molecule has 0 heterocycles. The van der Waals surface area contributed by atoms with Crippen molar-refractivity contribution in [1.29, 1.82) is 0 Å². The highest BCUT2D eigenvalue weighted by molar-refractivity contribution is 7.90. The van der Waals surface area contributed by atoms with Crippen molar-refractivity contribution in [3.8, 4) is 0 Å². The fourth-order valence-corrected chi connectivity index (χ4v) is 15.5. The van der Waals surface area contributed by atoms with Crippen LogP contribution in [-0.2, 0) is 43.8 Å². The van der Waals surface area contributed by atoms with E-state index in [-0.39, 0.29) is 53.9 Å². The van der Waals surface area contributed by atoms with Gasteiger partial charge in [0.15, 0.2) is 0 Å². The number of aryl methyl sites for hydroxylation is 1. The van der Waals surface area contributed by atoms with Crippen molar-refractivity contribution < 1.29 is 38.9 Å². The first-order valence-electron chi connectivity index (χ1n) is 32.6. The Balaban J connectivity index is 0.000000255. The third kappa shape index (κ3) is 23.3. The summed E-state index contributed by atoms with van der Waals surface area (Å²) >= 11 is 0. The number of sulfonamides is 2. The van der Waals surface area contributed by atoms with Gasteiger partial charge in [0.2, 0.25) is 20.0 Å². The molecule has 0 unspecified atom stereocenters. The summed E-state index contributed by atoms with van der Waals surface area (Å²) in [4.78, 5) is 1.02. The molecule has 2 aliphatic carbocycles. The molecule has 0 saturated carbocycles. The Morgan fingerprint density at radius 3 is 1.24 bits per heavy atom. The van der Waals surface area contributed by atoms with Gasteiger partial charge in [-0.2, -0.15) is 8.42 Å². The molecule has 4 atom stereocenters. The summed E-state index contributed by atoms with van der Waals surface area (Å²) in [7, 11) is -11.3. The van der Waals surface area contributed by atoms with E-state index in [2.05, 4.69) is 133 Å². The van der Waals surface area contributed by atoms with Crippen molar-refractivity contribution in [3.63, 3.8) is 0 Å². The number of nitrogens with two attached hydrogens (primary N) is 1. The van der Waals surface area contributed by atoms with Crippen LogP contribution in [0.3, 0.4) is 0 Å². The molecule has 7 rings (SSSR count). The predicted molar refractivity (Wildman–Crippen MR) is 376 cm³/mol. The number of benzene rings is 5. The normalized spacial score (nSPS) is 15.3. The zero-order valence-electron chi connectivity index (χ0n) is 57.5. The number of allylic oxidation sites excluding steroid dienone is 6. The Morgan fingerprint density at radius 1 is 0.440 bits per heavy atom. The summed E-state index contributed by atoms with van der Waals surface area (Å²) < 4.78 is 102. The van der Waals surface area contributed by atoms with Gasteiger partial charge in [-0.05, 0) is 164 Å². The zero-order valence-corrected chi connectivity index (χ0v) is 60.0. The fraction of sp³-hybridized carbons (Fsp3) is 0.493. The second kappa shape index (κ2) is 35.8. The summed E-state index contributed by atoms with van der Waals surface area (Å²) in [6.07, 6.45) is 12.7. The maximum Gasteiger partial charge on any atom is 0.297 e. The molecule has 5 aromatic rings. The van der Waals surface area contributed by atoms with Crippen LogP contribution in [0, 0.1) is 6.92 Å². The molecule has 0 saturated heterocycles. The quantitative estimate of drug-likeness (QED) is 0.0202. The first-order chi connectivity index (χ1) is 42.8. The standard InChI is InChI=1S/C29H48N2O3S.C29H38N2O2S.C17H22O4S/c1-19(2)26-16-27(20(3)4)29(28(17-26)21(5)6)35(32,33)31-24(9)23(8)30-14-15-34-18-25-12-10-22(7)11-13-25;1-19(2)24-17-25(20(3)4)29(26(18-24)21(5)6)34(32,33)31-28(23-15-11-8-12-16-23)27(30)22-13-9-7-10-14-22;1-14-3-7-16(8-4-14)13-20-11-12-21-22(18,19)17-9-5-15(2)6-10-17/h10,13,16-17,19-21,23-24,30-31H,11-12,14-15,18H2,1-9H3;7-21,27-28,31H,30H2,1-6H3;3,5-6,8-10H,4,7,11-13H2,1-2H3/t23-,24-;27-,28-;/m11./s1. The Morgan fingerprint density at radius 2 is 0.846 bits per heavy atom. The number of nitrogens with one attached hydrogen (secondary N) is 3. The average molecular weight is 1310 g/mol. The van der Waals surface area contributed by atoms with Gasteiger partial charge in [0.05, 0.1) is 59.8 Å². The van der Waals surface area contributed by atoms with E-state index in [4.69, 9.17) is 19.4 Å². The molecule has 13 nitrogen and oxygen atoms in total. The Kier molecular flexibility index (Phi) is 30.0. The summed E-state index contributed by atoms with van der Waals surface area (Å²) in [6, 6.07) is 32.6. The lowest BCUT2D eigenvalue weighted by molar-refractivity contribution is 0.118. The van der Waals surface area contributed by atoms with Crippen LogP contribution >= 0.6 is 0 Å². The van der Waals surface area contributed by atoms with Gasteiger partial charge in [0, 0.05) is 18.6 Å². The topological polar surface area (TPSA) is 192 Å². The van der Waals surface area contributed by atoms with Crippen LogP contribution in [0.25, 0.3) is 0 Å². The van der Waals surface area contributed by atoms with Gasteiger partial charge < -0.3 is 20.5 Å². The van der Waals surface area contributed by atoms with Crippen LogP contribution in [0.4, 0.5) is 0 Å². The second-order valence-corrected chi connectivity index (χ2v) is 31.3. The molecule has 500 valence electrons. The van der Waals surface area contributed by atoms with Crippen molar-refractivity contribution in [2.45, 2.75) is 218 Å². The minimum Gasteiger partial charge on any atom is -0.376 e. The maximum absolute atomic E-state index is 14.1. The van der Waals surface area contributed by atoms with Gasteiger partial charge in [-0.25, -0.2) is 26.3 Å². The largest absolute Gasteiger partial charge is 0.376 e. The van der Waals surface area contributed by atoms with Crippen LogP contribution in [0.2, 0.25) is 0 Å². The zero-order chi connectivity index (χ0) is 67.4. The second-order valence-electron chi connectivity index (χ2n) is 26.4. The average Bonchev–Trinajstić information content (AvgIpc) is 0.783. The number of ether oxygens (including phenoxy) is 2. The molecule has 0 bridgehead atoms. The van der Waals surface area contributed by atoms with Crippen molar-refractivity contribution in [1.82, 2.24) is 14.8 Å². The van der Waals surface area contributed by atoms with Gasteiger partial charge in [-0.15, -0.1) is 0 Å². The van der Waals surface area contributed by atoms with E-state index < -0.39 is 42.2 Å². The number of hydrogen-bond acceptors (Lipinski definition) is 11. The summed E-state index contributed by atoms with van der Waals surface area (Å²) in [5, 5.41) is 3.42. The van der Waals surface area contributed by atoms with Crippen LogP contribution in [0.1, 0.15) is 234 Å². The van der Waals surface area contributed by atoms with E-state index in [1.807, 2.05) is 109 Å². The molecule has 0 fully saturated rings. The summed E-state index contributed by atoms with van der Waals surface area (Å²) in [6.45, 7) is 37.9. The fourth-order valence-electron chi connectivity index (χ4n) is 10.6. The number of hydrogen-bond donors (Lipinski definition) is 4. The first-order valence-corrected chi connectivity index (χ1v) is 37.0. The van der Waals surface area contributed by atoms with E-state index >= 15 is 0 Å². The molecule has 2 aliphatic rings. The SMILES string of the molecule is CC(C)c1cc(C(C)C)c(S(=O)(=O)N[C@H](c2ccccc2)[C@H](N)c2ccccc2)c(C(C)C)c1.CC1=CCC(COCCN[C@H](C)[C@@H](C)NS(=O)(=O)c2c(C(C)C)cc(C(C)C)cc2C(C)C)=CC1.CC1=CCC(COCCOS(=O)(=O)c2ccc(C)cc2)=CC1. The minimum atomic E-state index is -3.88. The molecule has 0 amide bonds. The first kappa shape index (κ1) is 76.3. The van der Waals surface area contributed by atoms with Crippen LogP contribution in [0.15, 0.2) is 170 Å². The Hall–Kier alpha value is -5.37. The van der Waals surface area contributed by atoms with Crippen molar-refractivity contribution in [2.24, 2.45) is 5.73 Å². The molecular weight excluding hydrogens is 1200 g/mol. The monoisotopic (exact) mass is 1300 g/mol. The summed E-state index contributed by atoms with van der Waals surface area (Å²) in [5.41, 5.74) is 20.6. The lowest BCUT2D eigenvalue weighted by Gasteiger charge is -2.28. The Labute approximate surface area is 549 Å². The van der Waals surface area contributed by atoms with E-state index in [9.17, 15) is 25.3 Å². The minimum absolute atomic E-state index is 0.0261. The third-order valence-electron chi connectivity index (χ3n) is 16.7. The molecule has 16 heteroatoms. The van der Waals surface area contributed by atoms with E-state index in [0.717, 1.165) is 70.2 Å². The van der Waals surface area contributed by atoms with Crippen molar-refractivity contribution in [3.05, 3.63) is 206 Å². The van der Waals surface area contributed by atoms with E-state index in [1.54, 1.807) is 24.3 Å². The molecular formula is C75H108N4O9S3. The molecule has 0 aromatic heterocycles. The molecule has 0 radical (unpaired) electrons. The molecule has 5 N–H and O–H groups in total. The smallest absolute Gasteiger partial charge is 0.297 e. The van der Waals surface area contributed by atoms with Crippen LogP contribution in [-0.4, -0.2) is 76.9 Å². The highest BCUT2D eigenvalue weighted by Crippen LogP contribution is 2.39. The van der Waals surface area contributed by atoms with E-state index in [1.165, 1.54) is 27.9 Å². The lowest BCUT2D eigenvalue weighted by Crippen LogP contribution is -2.47. The molecule has 0 aliphatic heterocycles. The van der Waals surface area contributed by atoms with Gasteiger partial charge in [0.1, 0.15) is 0 Å². The number of rotatable bonds is 29. The summed E-state index contributed by atoms with van der Waals surface area (Å²) in [5.74, 6) is 0.985. The van der Waals surface area contributed by atoms with Gasteiger partial charge in [-0.3, -0.25) is 4.18 Å². The van der Waals surface area contributed by atoms with Gasteiger partial charge >= 0.3 is 0 Å². The van der Waals surface area contributed by atoms with Gasteiger partial charge in [-0.1, -0.05) is 221 Å². The predicted octanol–water partition coefficient (Wildman–Crippen LogP) is 16.5. The molecule has 5 aromatic carbocycles. The molecule has 0 spiro atoms. The third-order valence-corrected chi connectivity index (χ3v) is 21.3. The van der Waals surface area contributed by atoms with Crippen LogP contribution < -0.4 is 20.5 Å². The molecule has 91 heavy (non-hydrogen) atoms. The van der Waals surface area contributed by atoms with Crippen molar-refractivity contribution >= 4 is 30.2 Å². The van der Waals surface area contributed by atoms with E-state index in [0.29, 0.717) is 48.0 Å². The van der Waals surface area contributed by atoms with Crippen molar-refractivity contribution in [2.75, 3.05) is 39.6 Å². The van der Waals surface area contributed by atoms with Gasteiger partial charge in [0.25, 0.3) is 10.1 Å². The highest BCUT2D eigenvalue weighted by Gasteiger charge is 2.33. The highest BCUT2D eigenvalue weighted by atomic mass is 32.2. The van der Waals surface area contributed by atoms with Crippen LogP contribution in [0.5, 0.6) is 0 Å². The maximum atomic E-state index is 14.1. The Bertz CT molecular complexity index is 3530.